The zero-order valence-electron chi connectivity index (χ0n) is 17.5. The Morgan fingerprint density at radius 3 is 1.67 bits per heavy atom. The van der Waals surface area contributed by atoms with Crippen LogP contribution >= 0.6 is 0 Å². The smallest absolute Gasteiger partial charge is 0.176 e. The Morgan fingerprint density at radius 1 is 0.800 bits per heavy atom. The highest BCUT2D eigenvalue weighted by molar-refractivity contribution is 5.44. The van der Waals surface area contributed by atoms with Crippen molar-refractivity contribution in [3.05, 3.63) is 89.0 Å². The molecule has 0 spiro atoms. The molecule has 2 aromatic heterocycles. The molecular formula is C24H28N2O4. The number of pyridine rings is 2. The van der Waals surface area contributed by atoms with Crippen LogP contribution in [0.5, 0.6) is 5.75 Å². The average Bonchev–Trinajstić information content (AvgIpc) is 2.80. The summed E-state index contributed by atoms with van der Waals surface area (Å²) < 4.78 is 6.10. The van der Waals surface area contributed by atoms with Gasteiger partial charge in [0.15, 0.2) is 5.60 Å². The fourth-order valence-electron chi connectivity index (χ4n) is 3.53. The summed E-state index contributed by atoms with van der Waals surface area (Å²) in [6, 6.07) is 17.5. The highest BCUT2D eigenvalue weighted by Gasteiger charge is 2.40. The summed E-state index contributed by atoms with van der Waals surface area (Å²) in [5.74, 6) is 0.134. The second-order valence-corrected chi connectivity index (χ2v) is 7.18. The van der Waals surface area contributed by atoms with Crippen molar-refractivity contribution in [3.63, 3.8) is 0 Å². The van der Waals surface area contributed by atoms with Gasteiger partial charge in [-0.05, 0) is 54.8 Å². The van der Waals surface area contributed by atoms with E-state index in [2.05, 4.69) is 0 Å². The topological polar surface area (TPSA) is 95.7 Å². The molecule has 0 bridgehead atoms. The second kappa shape index (κ2) is 9.34. The molecule has 0 fully saturated rings. The minimum Gasteiger partial charge on any atom is -0.508 e. The van der Waals surface area contributed by atoms with Crippen LogP contribution in [0.2, 0.25) is 0 Å². The van der Waals surface area contributed by atoms with E-state index in [-0.39, 0.29) is 5.75 Å². The lowest BCUT2D eigenvalue weighted by Crippen LogP contribution is -2.34. The summed E-state index contributed by atoms with van der Waals surface area (Å²) in [5, 5.41) is 30.5. The standard InChI is InChI=1S/C24H28N2O4/c1-4-20(28)18-8-6-10-22(25-18)24(30-3,16-12-14-17(27)15-13-16)23-11-7-9-19(26-23)21(29)5-2/h6-15,20-21,27-29H,4-5H2,1-3H3/t20-,21-/m1/s1. The third kappa shape index (κ3) is 4.07. The third-order valence-electron chi connectivity index (χ3n) is 5.30. The first kappa shape index (κ1) is 21.9. The molecule has 6 nitrogen and oxygen atoms in total. The Hall–Kier alpha value is -2.80. The largest absolute Gasteiger partial charge is 0.508 e. The number of methoxy groups -OCH3 is 1. The molecule has 0 unspecified atom stereocenters. The molecule has 0 saturated carbocycles. The molecule has 6 heteroatoms. The first-order chi connectivity index (χ1) is 14.5. The fourth-order valence-corrected chi connectivity index (χ4v) is 3.53. The maximum atomic E-state index is 10.3. The Bertz CT molecular complexity index is 921. The molecule has 0 saturated heterocycles. The van der Waals surface area contributed by atoms with Crippen molar-refractivity contribution in [3.8, 4) is 5.75 Å². The average molecular weight is 408 g/mol. The number of hydrogen-bond donors (Lipinski definition) is 3. The van der Waals surface area contributed by atoms with Crippen molar-refractivity contribution in [1.82, 2.24) is 9.97 Å². The third-order valence-corrected chi connectivity index (χ3v) is 5.30. The Kier molecular flexibility index (Phi) is 6.82. The van der Waals surface area contributed by atoms with Gasteiger partial charge < -0.3 is 20.1 Å². The summed E-state index contributed by atoms with van der Waals surface area (Å²) in [4.78, 5) is 9.43. The Morgan fingerprint density at radius 2 is 1.27 bits per heavy atom. The normalized spacial score (nSPS) is 13.8. The summed E-state index contributed by atoms with van der Waals surface area (Å²) in [5.41, 5.74) is 1.71. The summed E-state index contributed by atoms with van der Waals surface area (Å²) in [6.07, 6.45) is -0.320. The van der Waals surface area contributed by atoms with Gasteiger partial charge in [-0.25, -0.2) is 0 Å². The number of ether oxygens (including phenoxy) is 1. The highest BCUT2D eigenvalue weighted by atomic mass is 16.5. The van der Waals surface area contributed by atoms with Crippen molar-refractivity contribution in [2.75, 3.05) is 7.11 Å². The molecule has 3 aromatic rings. The van der Waals surface area contributed by atoms with Crippen molar-refractivity contribution in [2.45, 2.75) is 44.5 Å². The van der Waals surface area contributed by atoms with Gasteiger partial charge in [0.1, 0.15) is 5.75 Å². The maximum Gasteiger partial charge on any atom is 0.176 e. The van der Waals surface area contributed by atoms with Gasteiger partial charge in [0.2, 0.25) is 0 Å². The monoisotopic (exact) mass is 408 g/mol. The zero-order valence-corrected chi connectivity index (χ0v) is 17.5. The molecule has 1 aromatic carbocycles. The van der Waals surface area contributed by atoms with E-state index >= 15 is 0 Å². The Labute approximate surface area is 176 Å². The molecule has 0 aliphatic carbocycles. The molecule has 3 rings (SSSR count). The molecule has 30 heavy (non-hydrogen) atoms. The van der Waals surface area contributed by atoms with Crippen molar-refractivity contribution >= 4 is 0 Å². The van der Waals surface area contributed by atoms with E-state index in [0.717, 1.165) is 0 Å². The predicted octanol–water partition coefficient (Wildman–Crippen LogP) is 4.01. The van der Waals surface area contributed by atoms with Gasteiger partial charge in [-0.1, -0.05) is 38.1 Å². The van der Waals surface area contributed by atoms with Crippen molar-refractivity contribution in [2.24, 2.45) is 0 Å². The van der Waals surface area contributed by atoms with Gasteiger partial charge in [-0.2, -0.15) is 0 Å². The zero-order chi connectivity index (χ0) is 21.7. The van der Waals surface area contributed by atoms with E-state index in [1.165, 1.54) is 0 Å². The lowest BCUT2D eigenvalue weighted by molar-refractivity contribution is 0.0495. The number of rotatable bonds is 8. The minimum atomic E-state index is -1.19. The van der Waals surface area contributed by atoms with E-state index in [1.54, 1.807) is 43.5 Å². The van der Waals surface area contributed by atoms with E-state index in [9.17, 15) is 15.3 Å². The molecular weight excluding hydrogens is 380 g/mol. The van der Waals surface area contributed by atoms with Crippen molar-refractivity contribution in [1.29, 1.82) is 0 Å². The van der Waals surface area contributed by atoms with Crippen LogP contribution in [0.25, 0.3) is 0 Å². The summed E-state index contributed by atoms with van der Waals surface area (Å²) >= 11 is 0. The number of aliphatic hydroxyl groups excluding tert-OH is 2. The van der Waals surface area contributed by atoms with Crippen molar-refractivity contribution < 1.29 is 20.1 Å². The number of nitrogens with zero attached hydrogens (tertiary/aromatic N) is 2. The fraction of sp³-hybridized carbons (Fsp3) is 0.333. The molecule has 0 aliphatic rings. The predicted molar refractivity (Wildman–Crippen MR) is 114 cm³/mol. The van der Waals surface area contributed by atoms with Crippen LogP contribution < -0.4 is 0 Å². The number of benzene rings is 1. The second-order valence-electron chi connectivity index (χ2n) is 7.18. The van der Waals surface area contributed by atoms with E-state index in [4.69, 9.17) is 14.7 Å². The molecule has 0 radical (unpaired) electrons. The quantitative estimate of drug-likeness (QED) is 0.521. The lowest BCUT2D eigenvalue weighted by Gasteiger charge is -2.33. The SMILES string of the molecule is CC[C@@H](O)c1cccc(C(OC)(c2ccc(O)cc2)c2cccc([C@H](O)CC)n2)n1. The number of aromatic nitrogens is 2. The van der Waals surface area contributed by atoms with Gasteiger partial charge in [-0.3, -0.25) is 9.97 Å². The van der Waals surface area contributed by atoms with Crippen LogP contribution in [-0.4, -0.2) is 32.4 Å². The van der Waals surface area contributed by atoms with Crippen LogP contribution in [0.15, 0.2) is 60.7 Å². The van der Waals surface area contributed by atoms with E-state index in [0.29, 0.717) is 41.2 Å². The number of aliphatic hydroxyl groups is 2. The molecule has 2 atom stereocenters. The van der Waals surface area contributed by atoms with E-state index in [1.807, 2.05) is 38.1 Å². The van der Waals surface area contributed by atoms with Gasteiger partial charge >= 0.3 is 0 Å². The highest BCUT2D eigenvalue weighted by Crippen LogP contribution is 2.39. The minimum absolute atomic E-state index is 0.134. The van der Waals surface area contributed by atoms with Gasteiger partial charge in [0, 0.05) is 7.11 Å². The van der Waals surface area contributed by atoms with Crippen LogP contribution in [0.4, 0.5) is 0 Å². The summed E-state index contributed by atoms with van der Waals surface area (Å²) in [7, 11) is 1.57. The van der Waals surface area contributed by atoms with Crippen LogP contribution in [-0.2, 0) is 10.3 Å². The summed E-state index contributed by atoms with van der Waals surface area (Å²) in [6.45, 7) is 3.78. The number of phenolic OH excluding ortho intramolecular Hbond substituents is 1. The van der Waals surface area contributed by atoms with E-state index < -0.39 is 17.8 Å². The number of hydrogen-bond acceptors (Lipinski definition) is 6. The Balaban J connectivity index is 2.28. The van der Waals surface area contributed by atoms with Crippen LogP contribution in [0, 0.1) is 0 Å². The molecule has 3 N–H and O–H groups in total. The van der Waals surface area contributed by atoms with Gasteiger partial charge in [-0.15, -0.1) is 0 Å². The lowest BCUT2D eigenvalue weighted by atomic mass is 9.85. The maximum absolute atomic E-state index is 10.3. The van der Waals surface area contributed by atoms with Crippen LogP contribution in [0.1, 0.15) is 67.2 Å². The molecule has 0 amide bonds. The van der Waals surface area contributed by atoms with Gasteiger partial charge in [0.05, 0.1) is 35.0 Å². The number of phenols is 1. The van der Waals surface area contributed by atoms with Gasteiger partial charge in [0.25, 0.3) is 0 Å². The first-order valence-electron chi connectivity index (χ1n) is 10.1. The molecule has 158 valence electrons. The first-order valence-corrected chi connectivity index (χ1v) is 10.1. The van der Waals surface area contributed by atoms with Crippen LogP contribution in [0.3, 0.4) is 0 Å². The molecule has 2 heterocycles. The number of aromatic hydroxyl groups is 1. The molecule has 0 aliphatic heterocycles.